The van der Waals surface area contributed by atoms with Crippen LogP contribution < -0.4 is 5.73 Å². The molecule has 1 fully saturated rings. The van der Waals surface area contributed by atoms with Crippen LogP contribution >= 0.6 is 11.6 Å². The molecule has 0 aromatic heterocycles. The van der Waals surface area contributed by atoms with Gasteiger partial charge in [0.05, 0.1) is 5.60 Å². The average molecular weight is 312 g/mol. The number of halogens is 1. The van der Waals surface area contributed by atoms with Crippen LogP contribution in [-0.2, 0) is 6.54 Å². The van der Waals surface area contributed by atoms with Gasteiger partial charge in [0.2, 0.25) is 0 Å². The molecule has 1 aromatic carbocycles. The van der Waals surface area contributed by atoms with Crippen molar-refractivity contribution in [1.82, 2.24) is 4.90 Å². The Morgan fingerprint density at radius 2 is 2.10 bits per heavy atom. The molecule has 0 heterocycles. The van der Waals surface area contributed by atoms with Crippen LogP contribution in [0.4, 0.5) is 0 Å². The standard InChI is InChI=1S/C15H22ClN3O2/c1-19(10-15(20)6-2-3-7-15)9-12-5-4-11(8-13(12)16)14(17)18-21/h4-5,8,20-21H,2-3,6-7,9-10H2,1H3,(H2,17,18). The lowest BCUT2D eigenvalue weighted by atomic mass is 10.0. The normalized spacial score (nSPS) is 18.4. The second kappa shape index (κ2) is 6.64. The second-order valence-corrected chi connectivity index (χ2v) is 6.30. The zero-order chi connectivity index (χ0) is 15.5. The van der Waals surface area contributed by atoms with Gasteiger partial charge in [-0.25, -0.2) is 0 Å². The zero-order valence-electron chi connectivity index (χ0n) is 12.2. The van der Waals surface area contributed by atoms with Crippen LogP contribution in [0, 0.1) is 0 Å². The third kappa shape index (κ3) is 4.09. The fourth-order valence-corrected chi connectivity index (χ4v) is 3.17. The first-order chi connectivity index (χ1) is 9.93. The quantitative estimate of drug-likeness (QED) is 0.337. The minimum atomic E-state index is -0.560. The number of rotatable bonds is 5. The van der Waals surface area contributed by atoms with E-state index in [-0.39, 0.29) is 5.84 Å². The summed E-state index contributed by atoms with van der Waals surface area (Å²) in [4.78, 5) is 2.08. The van der Waals surface area contributed by atoms with Crippen molar-refractivity contribution in [3.05, 3.63) is 34.3 Å². The molecule has 1 aliphatic rings. The van der Waals surface area contributed by atoms with Crippen molar-refractivity contribution in [2.75, 3.05) is 13.6 Å². The molecule has 2 rings (SSSR count). The first-order valence-electron chi connectivity index (χ1n) is 7.11. The summed E-state index contributed by atoms with van der Waals surface area (Å²) >= 11 is 6.24. The average Bonchev–Trinajstić information content (AvgIpc) is 2.86. The van der Waals surface area contributed by atoms with Crippen molar-refractivity contribution in [3.63, 3.8) is 0 Å². The van der Waals surface area contributed by atoms with E-state index < -0.39 is 5.60 Å². The minimum absolute atomic E-state index is 0.0390. The number of hydrogen-bond acceptors (Lipinski definition) is 4. The SMILES string of the molecule is CN(Cc1ccc(/C(N)=N/O)cc1Cl)CC1(O)CCCC1. The molecule has 0 aliphatic heterocycles. The zero-order valence-corrected chi connectivity index (χ0v) is 13.0. The highest BCUT2D eigenvalue weighted by molar-refractivity contribution is 6.31. The molecule has 0 bridgehead atoms. The van der Waals surface area contributed by atoms with Crippen LogP contribution in [0.2, 0.25) is 5.02 Å². The fourth-order valence-electron chi connectivity index (χ4n) is 2.93. The third-order valence-corrected chi connectivity index (χ3v) is 4.35. The van der Waals surface area contributed by atoms with E-state index in [1.54, 1.807) is 12.1 Å². The van der Waals surface area contributed by atoms with Crippen LogP contribution in [0.3, 0.4) is 0 Å². The van der Waals surface area contributed by atoms with Gasteiger partial charge in [0, 0.05) is 23.7 Å². The van der Waals surface area contributed by atoms with Gasteiger partial charge in [0.25, 0.3) is 0 Å². The van der Waals surface area contributed by atoms with E-state index in [1.165, 1.54) is 0 Å². The lowest BCUT2D eigenvalue weighted by Gasteiger charge is -2.28. The highest BCUT2D eigenvalue weighted by atomic mass is 35.5. The van der Waals surface area contributed by atoms with E-state index >= 15 is 0 Å². The van der Waals surface area contributed by atoms with E-state index in [9.17, 15) is 5.11 Å². The summed E-state index contributed by atoms with van der Waals surface area (Å²) < 4.78 is 0. The molecular weight excluding hydrogens is 290 g/mol. The largest absolute Gasteiger partial charge is 0.409 e. The van der Waals surface area contributed by atoms with Crippen molar-refractivity contribution in [3.8, 4) is 0 Å². The monoisotopic (exact) mass is 311 g/mol. The van der Waals surface area contributed by atoms with Gasteiger partial charge in [-0.05, 0) is 31.5 Å². The Morgan fingerprint density at radius 1 is 1.43 bits per heavy atom. The van der Waals surface area contributed by atoms with E-state index in [0.29, 0.717) is 23.7 Å². The lowest BCUT2D eigenvalue weighted by molar-refractivity contribution is 0.0145. The molecule has 21 heavy (non-hydrogen) atoms. The Hall–Kier alpha value is -1.30. The molecule has 0 spiro atoms. The number of hydrogen-bond donors (Lipinski definition) is 3. The van der Waals surface area contributed by atoms with Gasteiger partial charge in [-0.1, -0.05) is 41.7 Å². The maximum absolute atomic E-state index is 10.4. The molecule has 0 unspecified atom stereocenters. The lowest BCUT2D eigenvalue weighted by Crippen LogP contribution is -2.38. The van der Waals surface area contributed by atoms with Crippen molar-refractivity contribution in [1.29, 1.82) is 0 Å². The van der Waals surface area contributed by atoms with Crippen LogP contribution in [0.15, 0.2) is 23.4 Å². The summed E-state index contributed by atoms with van der Waals surface area (Å²) in [5, 5.41) is 22.6. The minimum Gasteiger partial charge on any atom is -0.409 e. The predicted molar refractivity (Wildman–Crippen MR) is 83.7 cm³/mol. The van der Waals surface area contributed by atoms with Crippen molar-refractivity contribution in [2.24, 2.45) is 10.9 Å². The topological polar surface area (TPSA) is 82.1 Å². The Kier molecular flexibility index (Phi) is 5.08. The molecule has 1 saturated carbocycles. The van der Waals surface area contributed by atoms with Crippen LogP contribution in [0.5, 0.6) is 0 Å². The number of aliphatic hydroxyl groups is 1. The molecular formula is C15H22ClN3O2. The summed E-state index contributed by atoms with van der Waals surface area (Å²) in [6.45, 7) is 1.29. The van der Waals surface area contributed by atoms with Crippen LogP contribution in [0.1, 0.15) is 36.8 Å². The van der Waals surface area contributed by atoms with Crippen molar-refractivity contribution >= 4 is 17.4 Å². The van der Waals surface area contributed by atoms with Gasteiger partial charge in [0.1, 0.15) is 0 Å². The van der Waals surface area contributed by atoms with E-state index in [2.05, 4.69) is 10.1 Å². The maximum atomic E-state index is 10.4. The molecule has 1 aliphatic carbocycles. The molecule has 4 N–H and O–H groups in total. The van der Waals surface area contributed by atoms with E-state index in [4.69, 9.17) is 22.5 Å². The Labute approximate surface area is 130 Å². The number of nitrogens with zero attached hydrogens (tertiary/aromatic N) is 2. The Bertz CT molecular complexity index is 528. The van der Waals surface area contributed by atoms with Gasteiger partial charge in [-0.15, -0.1) is 0 Å². The molecule has 5 nitrogen and oxygen atoms in total. The summed E-state index contributed by atoms with van der Waals surface area (Å²) in [6, 6.07) is 5.32. The van der Waals surface area contributed by atoms with E-state index in [0.717, 1.165) is 31.2 Å². The first-order valence-corrected chi connectivity index (χ1v) is 7.48. The number of amidine groups is 1. The second-order valence-electron chi connectivity index (χ2n) is 5.90. The maximum Gasteiger partial charge on any atom is 0.170 e. The highest BCUT2D eigenvalue weighted by Crippen LogP contribution is 2.30. The van der Waals surface area contributed by atoms with Crippen molar-refractivity contribution in [2.45, 2.75) is 37.8 Å². The van der Waals surface area contributed by atoms with Gasteiger partial charge >= 0.3 is 0 Å². The summed E-state index contributed by atoms with van der Waals surface area (Å²) in [6.07, 6.45) is 3.93. The molecule has 0 atom stereocenters. The van der Waals surface area contributed by atoms with Gasteiger partial charge in [-0.3, -0.25) is 4.90 Å². The summed E-state index contributed by atoms with van der Waals surface area (Å²) in [5.41, 5.74) is 6.52. The highest BCUT2D eigenvalue weighted by Gasteiger charge is 2.32. The molecule has 1 aromatic rings. The number of nitrogens with two attached hydrogens (primary N) is 1. The molecule has 0 saturated heterocycles. The van der Waals surface area contributed by atoms with Gasteiger partial charge in [0.15, 0.2) is 5.84 Å². The molecule has 0 radical (unpaired) electrons. The van der Waals surface area contributed by atoms with Crippen LogP contribution in [-0.4, -0.2) is 40.2 Å². The number of benzene rings is 1. The summed E-state index contributed by atoms with van der Waals surface area (Å²) in [7, 11) is 1.98. The molecule has 116 valence electrons. The number of likely N-dealkylation sites (N-methyl/N-ethyl adjacent to an activating group) is 1. The fraction of sp³-hybridized carbons (Fsp3) is 0.533. The van der Waals surface area contributed by atoms with Crippen molar-refractivity contribution < 1.29 is 10.3 Å². The third-order valence-electron chi connectivity index (χ3n) is 4.00. The van der Waals surface area contributed by atoms with Gasteiger partial charge < -0.3 is 16.0 Å². The molecule has 0 amide bonds. The van der Waals surface area contributed by atoms with E-state index in [1.807, 2.05) is 13.1 Å². The summed E-state index contributed by atoms with van der Waals surface area (Å²) in [5.74, 6) is 0.0390. The Morgan fingerprint density at radius 3 is 2.67 bits per heavy atom. The Balaban J connectivity index is 2.02. The first kappa shape index (κ1) is 16.1. The van der Waals surface area contributed by atoms with Crippen LogP contribution in [0.25, 0.3) is 0 Å². The number of oxime groups is 1. The van der Waals surface area contributed by atoms with Gasteiger partial charge in [-0.2, -0.15) is 0 Å². The molecule has 6 heteroatoms. The predicted octanol–water partition coefficient (Wildman–Crippen LogP) is 2.17. The smallest absolute Gasteiger partial charge is 0.170 e.